The first kappa shape index (κ1) is 24.9. The molecule has 0 bridgehead atoms. The summed E-state index contributed by atoms with van der Waals surface area (Å²) < 4.78 is 5.42. The molecule has 1 aromatic carbocycles. The van der Waals surface area contributed by atoms with Gasteiger partial charge in [-0.1, -0.05) is 23.2 Å². The molecule has 2 heterocycles. The van der Waals surface area contributed by atoms with Crippen LogP contribution >= 0.6 is 23.2 Å². The molecule has 2 aliphatic rings. The van der Waals surface area contributed by atoms with E-state index in [-0.39, 0.29) is 45.2 Å². The lowest BCUT2D eigenvalue weighted by molar-refractivity contribution is -0.135. The van der Waals surface area contributed by atoms with Gasteiger partial charge in [-0.2, -0.15) is 0 Å². The van der Waals surface area contributed by atoms with Crippen molar-refractivity contribution in [3.63, 3.8) is 0 Å². The van der Waals surface area contributed by atoms with Gasteiger partial charge in [0.05, 0.1) is 22.1 Å². The lowest BCUT2D eigenvalue weighted by Crippen LogP contribution is -2.40. The third kappa shape index (κ3) is 5.80. The van der Waals surface area contributed by atoms with Crippen LogP contribution in [0.25, 0.3) is 0 Å². The minimum absolute atomic E-state index is 0.0369. The molecule has 32 heavy (non-hydrogen) atoms. The molecule has 178 valence electrons. The van der Waals surface area contributed by atoms with E-state index in [1.807, 2.05) is 25.7 Å². The number of aliphatic hydroxyl groups is 1. The van der Waals surface area contributed by atoms with Gasteiger partial charge in [0.1, 0.15) is 11.4 Å². The Bertz CT molecular complexity index is 858. The van der Waals surface area contributed by atoms with E-state index >= 15 is 0 Å². The van der Waals surface area contributed by atoms with Crippen molar-refractivity contribution in [1.29, 1.82) is 0 Å². The van der Waals surface area contributed by atoms with Gasteiger partial charge in [0.15, 0.2) is 0 Å². The summed E-state index contributed by atoms with van der Waals surface area (Å²) in [6.07, 6.45) is 1.27. The molecule has 2 aliphatic heterocycles. The predicted octanol–water partition coefficient (Wildman–Crippen LogP) is 4.62. The molecule has 9 heteroatoms. The van der Waals surface area contributed by atoms with Crippen molar-refractivity contribution in [3.05, 3.63) is 27.7 Å². The topological polar surface area (TPSA) is 90.3 Å². The maximum atomic E-state index is 13.1. The molecule has 0 spiro atoms. The standard InChI is InChI=1S/C23H32Cl2N2O5/c1-23(2,3)32-22(31)27-12-9-15(13-27)21(30)26-10-4-5-14(8-11-26)20(29)18-17(28)7-6-16(24)19(18)25/h6-7,14-15,20,28-29H,4-5,8-13H2,1-3H3. The largest absolute Gasteiger partial charge is 0.508 e. The highest BCUT2D eigenvalue weighted by Gasteiger charge is 2.37. The van der Waals surface area contributed by atoms with E-state index in [1.54, 1.807) is 4.90 Å². The third-order valence-electron chi connectivity index (χ3n) is 6.13. The van der Waals surface area contributed by atoms with Gasteiger partial charge in [0, 0.05) is 31.7 Å². The highest BCUT2D eigenvalue weighted by atomic mass is 35.5. The highest BCUT2D eigenvalue weighted by Crippen LogP contribution is 2.42. The summed E-state index contributed by atoms with van der Waals surface area (Å²) in [5, 5.41) is 21.6. The predicted molar refractivity (Wildman–Crippen MR) is 123 cm³/mol. The van der Waals surface area contributed by atoms with E-state index in [4.69, 9.17) is 27.9 Å². The van der Waals surface area contributed by atoms with Gasteiger partial charge in [0.2, 0.25) is 5.91 Å². The Morgan fingerprint density at radius 1 is 1.09 bits per heavy atom. The molecule has 3 rings (SSSR count). The highest BCUT2D eigenvalue weighted by molar-refractivity contribution is 6.42. The fourth-order valence-electron chi connectivity index (χ4n) is 4.44. The zero-order valence-corrected chi connectivity index (χ0v) is 20.3. The van der Waals surface area contributed by atoms with Gasteiger partial charge in [-0.3, -0.25) is 4.79 Å². The molecule has 2 amide bonds. The smallest absolute Gasteiger partial charge is 0.410 e. The number of halogens is 2. The summed E-state index contributed by atoms with van der Waals surface area (Å²) >= 11 is 12.3. The number of nitrogens with zero attached hydrogens (tertiary/aromatic N) is 2. The summed E-state index contributed by atoms with van der Waals surface area (Å²) in [5.41, 5.74) is -0.326. The van der Waals surface area contributed by atoms with Crippen molar-refractivity contribution in [2.75, 3.05) is 26.2 Å². The SMILES string of the molecule is CC(C)(C)OC(=O)N1CCC(C(=O)N2CCCC(C(O)c3c(O)ccc(Cl)c3Cl)CC2)C1. The minimum atomic E-state index is -0.967. The van der Waals surface area contributed by atoms with E-state index in [2.05, 4.69) is 0 Å². The summed E-state index contributed by atoms with van der Waals surface area (Å²) in [6, 6.07) is 2.92. The molecule has 0 radical (unpaired) electrons. The number of ether oxygens (including phenoxy) is 1. The molecule has 2 fully saturated rings. The molecule has 0 aromatic heterocycles. The molecule has 0 saturated carbocycles. The number of phenolic OH excluding ortho intramolecular Hbond substituents is 1. The van der Waals surface area contributed by atoms with Crippen LogP contribution in [-0.4, -0.2) is 63.8 Å². The second kappa shape index (κ2) is 10.1. The van der Waals surface area contributed by atoms with Crippen LogP contribution in [0.5, 0.6) is 5.75 Å². The second-order valence-corrected chi connectivity index (χ2v) is 10.5. The maximum absolute atomic E-state index is 13.1. The van der Waals surface area contributed by atoms with Gasteiger partial charge in [-0.05, 0) is 64.5 Å². The summed E-state index contributed by atoms with van der Waals surface area (Å²) in [5.74, 6) is -0.445. The number of amides is 2. The molecule has 1 aromatic rings. The van der Waals surface area contributed by atoms with E-state index in [0.717, 1.165) is 6.42 Å². The molecule has 3 unspecified atom stereocenters. The molecule has 3 atom stereocenters. The Morgan fingerprint density at radius 3 is 2.47 bits per heavy atom. The first-order chi connectivity index (χ1) is 15.0. The van der Waals surface area contributed by atoms with Gasteiger partial charge in [-0.25, -0.2) is 4.79 Å². The van der Waals surface area contributed by atoms with Crippen LogP contribution in [0.3, 0.4) is 0 Å². The van der Waals surface area contributed by atoms with E-state index in [9.17, 15) is 19.8 Å². The van der Waals surface area contributed by atoms with Crippen molar-refractivity contribution in [2.45, 2.75) is 58.2 Å². The van der Waals surface area contributed by atoms with Crippen LogP contribution in [0, 0.1) is 11.8 Å². The first-order valence-electron chi connectivity index (χ1n) is 11.1. The average Bonchev–Trinajstić information content (AvgIpc) is 3.08. The number of aromatic hydroxyl groups is 1. The normalized spacial score (nSPS) is 23.1. The molecule has 7 nitrogen and oxygen atoms in total. The monoisotopic (exact) mass is 486 g/mol. The number of aliphatic hydroxyl groups excluding tert-OH is 1. The quantitative estimate of drug-likeness (QED) is 0.650. The van der Waals surface area contributed by atoms with E-state index in [1.165, 1.54) is 12.1 Å². The molecule has 2 saturated heterocycles. The lowest BCUT2D eigenvalue weighted by Gasteiger charge is -2.26. The van der Waals surface area contributed by atoms with E-state index in [0.29, 0.717) is 45.4 Å². The molecular weight excluding hydrogens is 455 g/mol. The lowest BCUT2D eigenvalue weighted by atomic mass is 9.89. The zero-order chi connectivity index (χ0) is 23.6. The number of benzene rings is 1. The van der Waals surface area contributed by atoms with Crippen molar-refractivity contribution in [1.82, 2.24) is 9.80 Å². The number of phenols is 1. The molecule has 0 aliphatic carbocycles. The van der Waals surface area contributed by atoms with Crippen LogP contribution in [-0.2, 0) is 9.53 Å². The van der Waals surface area contributed by atoms with Gasteiger partial charge < -0.3 is 24.7 Å². The minimum Gasteiger partial charge on any atom is -0.508 e. The van der Waals surface area contributed by atoms with Crippen LogP contribution < -0.4 is 0 Å². The van der Waals surface area contributed by atoms with Crippen LogP contribution in [0.4, 0.5) is 4.79 Å². The fourth-order valence-corrected chi connectivity index (χ4v) is 4.88. The van der Waals surface area contributed by atoms with Crippen LogP contribution in [0.15, 0.2) is 12.1 Å². The van der Waals surface area contributed by atoms with Crippen molar-refractivity contribution >= 4 is 35.2 Å². The Hall–Kier alpha value is -1.70. The summed E-state index contributed by atoms with van der Waals surface area (Å²) in [4.78, 5) is 28.8. The first-order valence-corrected chi connectivity index (χ1v) is 11.8. The van der Waals surface area contributed by atoms with Gasteiger partial charge >= 0.3 is 6.09 Å². The second-order valence-electron chi connectivity index (χ2n) is 9.67. The number of hydrogen-bond acceptors (Lipinski definition) is 5. The average molecular weight is 487 g/mol. The maximum Gasteiger partial charge on any atom is 0.410 e. The van der Waals surface area contributed by atoms with Gasteiger partial charge in [0.25, 0.3) is 0 Å². The van der Waals surface area contributed by atoms with Gasteiger partial charge in [-0.15, -0.1) is 0 Å². The fraction of sp³-hybridized carbons (Fsp3) is 0.652. The number of carbonyl (C=O) groups is 2. The van der Waals surface area contributed by atoms with Crippen molar-refractivity contribution < 1.29 is 24.5 Å². The Labute approximate surface area is 199 Å². The van der Waals surface area contributed by atoms with Crippen LogP contribution in [0.1, 0.15) is 58.1 Å². The number of likely N-dealkylation sites (tertiary alicyclic amines) is 2. The number of hydrogen-bond donors (Lipinski definition) is 2. The third-order valence-corrected chi connectivity index (χ3v) is 6.94. The van der Waals surface area contributed by atoms with Crippen LogP contribution in [0.2, 0.25) is 10.0 Å². The van der Waals surface area contributed by atoms with E-state index < -0.39 is 11.7 Å². The Morgan fingerprint density at radius 2 is 1.78 bits per heavy atom. The zero-order valence-electron chi connectivity index (χ0n) is 18.8. The van der Waals surface area contributed by atoms with Crippen molar-refractivity contribution in [2.24, 2.45) is 11.8 Å². The number of rotatable bonds is 3. The molecule has 2 N–H and O–H groups in total. The molecular formula is C23H32Cl2N2O5. The number of carbonyl (C=O) groups excluding carboxylic acids is 2. The Kier molecular flexibility index (Phi) is 7.84. The van der Waals surface area contributed by atoms with Crippen molar-refractivity contribution in [3.8, 4) is 5.75 Å². The summed E-state index contributed by atoms with van der Waals surface area (Å²) in [7, 11) is 0. The summed E-state index contributed by atoms with van der Waals surface area (Å²) in [6.45, 7) is 7.43. The Balaban J connectivity index is 1.59.